The molecule has 0 unspecified atom stereocenters. The molecule has 2 heterocycles. The molecule has 0 spiro atoms. The van der Waals surface area contributed by atoms with Crippen LogP contribution in [-0.2, 0) is 22.8 Å². The Bertz CT molecular complexity index is 845. The molecule has 0 fully saturated rings. The summed E-state index contributed by atoms with van der Waals surface area (Å²) in [6, 6.07) is 9.12. The fourth-order valence-corrected chi connectivity index (χ4v) is 2.40. The van der Waals surface area contributed by atoms with Crippen molar-refractivity contribution in [2.24, 2.45) is 0 Å². The second kappa shape index (κ2) is 6.56. The lowest BCUT2D eigenvalue weighted by Gasteiger charge is -2.06. The molecule has 118 valence electrons. The van der Waals surface area contributed by atoms with Crippen LogP contribution in [0.2, 0.25) is 0 Å². The van der Waals surface area contributed by atoms with Crippen molar-refractivity contribution in [1.82, 2.24) is 14.8 Å². The van der Waals surface area contributed by atoms with Gasteiger partial charge in [-0.3, -0.25) is 14.5 Å². The summed E-state index contributed by atoms with van der Waals surface area (Å²) < 4.78 is 19.3. The standard InChI is InChI=1S/C17H16FN3O2/c1-2-23-17(22)11-21-16-7-14(9-19-15(16)10-20-21)13-5-3-4-12(6-13)8-18/h3-7,9-10H,2,8,11H2,1H3. The maximum Gasteiger partial charge on any atom is 0.327 e. The average molecular weight is 313 g/mol. The number of hydrogen-bond acceptors (Lipinski definition) is 4. The van der Waals surface area contributed by atoms with E-state index < -0.39 is 6.67 Å². The van der Waals surface area contributed by atoms with Gasteiger partial charge in [0.1, 0.15) is 18.7 Å². The first kappa shape index (κ1) is 15.1. The summed E-state index contributed by atoms with van der Waals surface area (Å²) in [6.07, 6.45) is 3.33. The van der Waals surface area contributed by atoms with Gasteiger partial charge in [-0.2, -0.15) is 5.10 Å². The lowest BCUT2D eigenvalue weighted by molar-refractivity contribution is -0.143. The highest BCUT2D eigenvalue weighted by atomic mass is 19.1. The number of ether oxygens (including phenoxy) is 1. The number of benzene rings is 1. The van der Waals surface area contributed by atoms with Crippen LogP contribution in [0.25, 0.3) is 22.2 Å². The minimum Gasteiger partial charge on any atom is -0.465 e. The van der Waals surface area contributed by atoms with Crippen LogP contribution in [0.15, 0.2) is 42.7 Å². The van der Waals surface area contributed by atoms with E-state index in [0.717, 1.165) is 16.6 Å². The third kappa shape index (κ3) is 3.21. The van der Waals surface area contributed by atoms with E-state index in [9.17, 15) is 9.18 Å². The monoisotopic (exact) mass is 313 g/mol. The van der Waals surface area contributed by atoms with E-state index in [1.54, 1.807) is 36.1 Å². The number of nitrogens with zero attached hydrogens (tertiary/aromatic N) is 3. The predicted molar refractivity (Wildman–Crippen MR) is 84.4 cm³/mol. The zero-order valence-electron chi connectivity index (χ0n) is 12.7. The largest absolute Gasteiger partial charge is 0.465 e. The molecule has 0 bridgehead atoms. The summed E-state index contributed by atoms with van der Waals surface area (Å²) in [4.78, 5) is 16.0. The van der Waals surface area contributed by atoms with Gasteiger partial charge in [0.25, 0.3) is 0 Å². The highest BCUT2D eigenvalue weighted by Gasteiger charge is 2.10. The Morgan fingerprint density at radius 1 is 1.26 bits per heavy atom. The highest BCUT2D eigenvalue weighted by Crippen LogP contribution is 2.24. The van der Waals surface area contributed by atoms with Crippen molar-refractivity contribution in [3.63, 3.8) is 0 Å². The van der Waals surface area contributed by atoms with Crippen molar-refractivity contribution in [2.75, 3.05) is 6.61 Å². The summed E-state index contributed by atoms with van der Waals surface area (Å²) in [5.41, 5.74) is 3.76. The summed E-state index contributed by atoms with van der Waals surface area (Å²) >= 11 is 0. The van der Waals surface area contributed by atoms with Crippen LogP contribution in [-0.4, -0.2) is 27.3 Å². The molecule has 0 saturated carbocycles. The Morgan fingerprint density at radius 3 is 2.91 bits per heavy atom. The van der Waals surface area contributed by atoms with Crippen LogP contribution in [0.1, 0.15) is 12.5 Å². The number of aromatic nitrogens is 3. The number of esters is 1. The second-order valence-electron chi connectivity index (χ2n) is 5.07. The molecule has 0 N–H and O–H groups in total. The third-order valence-electron chi connectivity index (χ3n) is 3.49. The lowest BCUT2D eigenvalue weighted by atomic mass is 10.0. The first-order valence-electron chi connectivity index (χ1n) is 7.33. The molecule has 1 aromatic carbocycles. The van der Waals surface area contributed by atoms with Gasteiger partial charge in [-0.25, -0.2) is 4.39 Å². The SMILES string of the molecule is CCOC(=O)Cn1ncc2ncc(-c3cccc(CF)c3)cc21. The summed E-state index contributed by atoms with van der Waals surface area (Å²) in [5.74, 6) is -0.345. The van der Waals surface area contributed by atoms with E-state index >= 15 is 0 Å². The predicted octanol–water partition coefficient (Wildman–Crippen LogP) is 3.13. The third-order valence-corrected chi connectivity index (χ3v) is 3.49. The van der Waals surface area contributed by atoms with E-state index in [-0.39, 0.29) is 12.5 Å². The van der Waals surface area contributed by atoms with Gasteiger partial charge in [-0.05, 0) is 30.2 Å². The topological polar surface area (TPSA) is 57.0 Å². The van der Waals surface area contributed by atoms with Crippen LogP contribution >= 0.6 is 0 Å². The molecular formula is C17H16FN3O2. The molecule has 5 nitrogen and oxygen atoms in total. The number of halogens is 1. The lowest BCUT2D eigenvalue weighted by Crippen LogP contribution is -2.14. The molecule has 0 aliphatic carbocycles. The van der Waals surface area contributed by atoms with E-state index in [1.807, 2.05) is 18.2 Å². The van der Waals surface area contributed by atoms with Gasteiger partial charge in [0.2, 0.25) is 0 Å². The number of carbonyl (C=O) groups is 1. The Morgan fingerprint density at radius 2 is 2.13 bits per heavy atom. The average Bonchev–Trinajstić information content (AvgIpc) is 2.97. The zero-order chi connectivity index (χ0) is 16.2. The quantitative estimate of drug-likeness (QED) is 0.679. The number of carbonyl (C=O) groups excluding carboxylic acids is 1. The Labute approximate surface area is 132 Å². The molecule has 2 aromatic heterocycles. The number of pyridine rings is 1. The minimum atomic E-state index is -0.510. The van der Waals surface area contributed by atoms with Crippen molar-refractivity contribution < 1.29 is 13.9 Å². The first-order chi connectivity index (χ1) is 11.2. The number of rotatable bonds is 5. The molecule has 0 aliphatic rings. The van der Waals surface area contributed by atoms with Crippen LogP contribution < -0.4 is 0 Å². The molecule has 3 aromatic rings. The van der Waals surface area contributed by atoms with E-state index in [2.05, 4.69) is 10.1 Å². The van der Waals surface area contributed by atoms with Crippen molar-refractivity contribution in [2.45, 2.75) is 20.1 Å². The highest BCUT2D eigenvalue weighted by molar-refractivity contribution is 5.81. The summed E-state index contributed by atoms with van der Waals surface area (Å²) in [5, 5.41) is 4.18. The Kier molecular flexibility index (Phi) is 4.32. The van der Waals surface area contributed by atoms with Crippen molar-refractivity contribution in [3.8, 4) is 11.1 Å². The fraction of sp³-hybridized carbons (Fsp3) is 0.235. The molecule has 0 amide bonds. The van der Waals surface area contributed by atoms with Gasteiger partial charge in [-0.1, -0.05) is 18.2 Å². The zero-order valence-corrected chi connectivity index (χ0v) is 12.7. The summed E-state index contributed by atoms with van der Waals surface area (Å²) in [7, 11) is 0. The van der Waals surface area contributed by atoms with Gasteiger partial charge in [-0.15, -0.1) is 0 Å². The van der Waals surface area contributed by atoms with Crippen molar-refractivity contribution in [3.05, 3.63) is 48.3 Å². The minimum absolute atomic E-state index is 0.0347. The molecule has 0 aliphatic heterocycles. The van der Waals surface area contributed by atoms with Crippen LogP contribution in [0.5, 0.6) is 0 Å². The number of hydrogen-bond donors (Lipinski definition) is 0. The maximum atomic E-state index is 12.8. The summed E-state index contributed by atoms with van der Waals surface area (Å²) in [6.45, 7) is 1.62. The number of fused-ring (bicyclic) bond motifs is 1. The van der Waals surface area contributed by atoms with Gasteiger partial charge < -0.3 is 4.74 Å². The van der Waals surface area contributed by atoms with E-state index in [0.29, 0.717) is 17.7 Å². The maximum absolute atomic E-state index is 12.8. The van der Waals surface area contributed by atoms with Gasteiger partial charge in [0, 0.05) is 11.8 Å². The molecule has 23 heavy (non-hydrogen) atoms. The van der Waals surface area contributed by atoms with Gasteiger partial charge >= 0.3 is 5.97 Å². The molecule has 3 rings (SSSR count). The second-order valence-corrected chi connectivity index (χ2v) is 5.07. The van der Waals surface area contributed by atoms with Gasteiger partial charge in [0.15, 0.2) is 0 Å². The first-order valence-corrected chi connectivity index (χ1v) is 7.33. The van der Waals surface area contributed by atoms with Crippen molar-refractivity contribution in [1.29, 1.82) is 0 Å². The van der Waals surface area contributed by atoms with Crippen LogP contribution in [0.4, 0.5) is 4.39 Å². The molecule has 0 atom stereocenters. The van der Waals surface area contributed by atoms with Crippen molar-refractivity contribution >= 4 is 17.0 Å². The molecular weight excluding hydrogens is 297 g/mol. The van der Waals surface area contributed by atoms with Crippen LogP contribution in [0.3, 0.4) is 0 Å². The normalized spacial score (nSPS) is 10.9. The fourth-order valence-electron chi connectivity index (χ4n) is 2.40. The molecule has 6 heteroatoms. The van der Waals surface area contributed by atoms with E-state index in [1.165, 1.54) is 0 Å². The molecule has 0 radical (unpaired) electrons. The Balaban J connectivity index is 1.98. The smallest absolute Gasteiger partial charge is 0.327 e. The Hall–Kier alpha value is -2.76. The van der Waals surface area contributed by atoms with Gasteiger partial charge in [0.05, 0.1) is 18.3 Å². The number of alkyl halides is 1. The molecule has 0 saturated heterocycles. The van der Waals surface area contributed by atoms with Crippen LogP contribution in [0, 0.1) is 0 Å². The van der Waals surface area contributed by atoms with E-state index in [4.69, 9.17) is 4.74 Å².